The quantitative estimate of drug-likeness (QED) is 0.907. The van der Waals surface area contributed by atoms with E-state index in [0.717, 1.165) is 29.0 Å². The molecule has 0 aliphatic heterocycles. The van der Waals surface area contributed by atoms with Gasteiger partial charge in [-0.3, -0.25) is 0 Å². The molecule has 0 fully saturated rings. The largest absolute Gasteiger partial charge is 0.497 e. The average Bonchev–Trinajstić information content (AvgIpc) is 2.46. The van der Waals surface area contributed by atoms with Gasteiger partial charge in [-0.05, 0) is 42.2 Å². The van der Waals surface area contributed by atoms with Crippen molar-refractivity contribution in [2.45, 2.75) is 19.4 Å². The molecule has 0 aliphatic carbocycles. The topological polar surface area (TPSA) is 44.5 Å². The fourth-order valence-corrected chi connectivity index (χ4v) is 2.18. The first-order valence-electron chi connectivity index (χ1n) is 6.70. The number of nitrogens with two attached hydrogens (primary N) is 1. The Bertz CT molecular complexity index is 539. The fourth-order valence-electron chi connectivity index (χ4n) is 2.18. The Morgan fingerprint density at radius 2 is 1.45 bits per heavy atom. The molecule has 2 aromatic rings. The highest BCUT2D eigenvalue weighted by Crippen LogP contribution is 2.29. The predicted molar refractivity (Wildman–Crippen MR) is 82.3 cm³/mol. The van der Waals surface area contributed by atoms with E-state index < -0.39 is 0 Å². The number of hydrogen-bond acceptors (Lipinski definition) is 3. The van der Waals surface area contributed by atoms with E-state index in [9.17, 15) is 0 Å². The van der Waals surface area contributed by atoms with E-state index in [1.165, 1.54) is 5.56 Å². The first kappa shape index (κ1) is 14.4. The van der Waals surface area contributed by atoms with Crippen LogP contribution in [0.3, 0.4) is 0 Å². The Labute approximate surface area is 120 Å². The summed E-state index contributed by atoms with van der Waals surface area (Å²) in [5, 5.41) is 0. The van der Waals surface area contributed by atoms with Crippen molar-refractivity contribution in [3.63, 3.8) is 0 Å². The van der Waals surface area contributed by atoms with E-state index in [1.54, 1.807) is 14.2 Å². The van der Waals surface area contributed by atoms with Crippen LogP contribution in [-0.4, -0.2) is 20.3 Å². The summed E-state index contributed by atoms with van der Waals surface area (Å²) in [5.41, 5.74) is 9.28. The predicted octanol–water partition coefficient (Wildman–Crippen LogP) is 3.26. The second kappa shape index (κ2) is 6.44. The molecule has 2 rings (SSSR count). The Kier molecular flexibility index (Phi) is 4.64. The third-order valence-corrected chi connectivity index (χ3v) is 3.20. The van der Waals surface area contributed by atoms with E-state index >= 15 is 0 Å². The average molecular weight is 271 g/mol. The number of benzene rings is 2. The Balaban J connectivity index is 2.31. The van der Waals surface area contributed by atoms with E-state index in [-0.39, 0.29) is 6.04 Å². The van der Waals surface area contributed by atoms with Crippen LogP contribution in [0.4, 0.5) is 0 Å². The van der Waals surface area contributed by atoms with Gasteiger partial charge in [-0.1, -0.05) is 24.3 Å². The van der Waals surface area contributed by atoms with E-state index in [1.807, 2.05) is 25.1 Å². The minimum Gasteiger partial charge on any atom is -0.497 e. The Hall–Kier alpha value is -2.00. The van der Waals surface area contributed by atoms with Crippen molar-refractivity contribution in [3.8, 4) is 22.6 Å². The van der Waals surface area contributed by atoms with E-state index in [4.69, 9.17) is 15.2 Å². The smallest absolute Gasteiger partial charge is 0.123 e. The molecule has 0 spiro atoms. The summed E-state index contributed by atoms with van der Waals surface area (Å²) in [5.74, 6) is 1.58. The molecule has 2 aromatic carbocycles. The summed E-state index contributed by atoms with van der Waals surface area (Å²) in [6.45, 7) is 2.01. The minimum absolute atomic E-state index is 0.178. The van der Waals surface area contributed by atoms with Gasteiger partial charge < -0.3 is 15.2 Å². The summed E-state index contributed by atoms with van der Waals surface area (Å²) < 4.78 is 10.6. The summed E-state index contributed by atoms with van der Waals surface area (Å²) in [7, 11) is 3.31. The van der Waals surface area contributed by atoms with Gasteiger partial charge in [-0.2, -0.15) is 0 Å². The van der Waals surface area contributed by atoms with Crippen LogP contribution in [0.25, 0.3) is 11.1 Å². The molecule has 2 N–H and O–H groups in total. The summed E-state index contributed by atoms with van der Waals surface area (Å²) in [6, 6.07) is 14.5. The lowest BCUT2D eigenvalue weighted by Gasteiger charge is -2.10. The van der Waals surface area contributed by atoms with Crippen molar-refractivity contribution in [2.75, 3.05) is 14.2 Å². The molecule has 0 bridgehead atoms. The second-order valence-corrected chi connectivity index (χ2v) is 4.98. The zero-order valence-corrected chi connectivity index (χ0v) is 12.2. The summed E-state index contributed by atoms with van der Waals surface area (Å²) in [4.78, 5) is 0. The van der Waals surface area contributed by atoms with Crippen molar-refractivity contribution in [3.05, 3.63) is 48.0 Å². The fraction of sp³-hybridized carbons (Fsp3) is 0.294. The van der Waals surface area contributed by atoms with Crippen LogP contribution in [0.1, 0.15) is 12.5 Å². The maximum Gasteiger partial charge on any atom is 0.123 e. The second-order valence-electron chi connectivity index (χ2n) is 4.98. The molecule has 0 heterocycles. The zero-order valence-electron chi connectivity index (χ0n) is 12.2. The lowest BCUT2D eigenvalue weighted by molar-refractivity contribution is 0.394. The molecule has 0 saturated heterocycles. The standard InChI is InChI=1S/C17H21NO2/c1-12(18)8-13-4-6-14(7-5-13)15-9-16(19-2)11-17(10-15)20-3/h4-7,9-12H,8,18H2,1-3H3. The molecule has 0 radical (unpaired) electrons. The third-order valence-electron chi connectivity index (χ3n) is 3.20. The van der Waals surface area contributed by atoms with Crippen LogP contribution in [0.15, 0.2) is 42.5 Å². The van der Waals surface area contributed by atoms with Gasteiger partial charge >= 0.3 is 0 Å². The van der Waals surface area contributed by atoms with Crippen molar-refractivity contribution in [1.82, 2.24) is 0 Å². The monoisotopic (exact) mass is 271 g/mol. The van der Waals surface area contributed by atoms with Crippen LogP contribution in [-0.2, 0) is 6.42 Å². The first-order chi connectivity index (χ1) is 9.62. The van der Waals surface area contributed by atoms with E-state index in [2.05, 4.69) is 24.3 Å². The van der Waals surface area contributed by atoms with Gasteiger partial charge in [0.1, 0.15) is 11.5 Å². The minimum atomic E-state index is 0.178. The van der Waals surface area contributed by atoms with Gasteiger partial charge in [0.2, 0.25) is 0 Å². The van der Waals surface area contributed by atoms with Crippen LogP contribution >= 0.6 is 0 Å². The molecule has 0 aromatic heterocycles. The molecule has 0 saturated carbocycles. The van der Waals surface area contributed by atoms with Crippen LogP contribution in [0, 0.1) is 0 Å². The lowest BCUT2D eigenvalue weighted by atomic mass is 10.0. The highest BCUT2D eigenvalue weighted by atomic mass is 16.5. The van der Waals surface area contributed by atoms with Crippen LogP contribution in [0.2, 0.25) is 0 Å². The molecule has 3 nitrogen and oxygen atoms in total. The van der Waals surface area contributed by atoms with Gasteiger partial charge in [-0.25, -0.2) is 0 Å². The molecule has 106 valence electrons. The highest BCUT2D eigenvalue weighted by molar-refractivity contribution is 5.67. The Morgan fingerprint density at radius 3 is 1.90 bits per heavy atom. The SMILES string of the molecule is COc1cc(OC)cc(-c2ccc(CC(C)N)cc2)c1. The molecule has 3 heteroatoms. The maximum absolute atomic E-state index is 5.82. The van der Waals surface area contributed by atoms with Crippen molar-refractivity contribution < 1.29 is 9.47 Å². The number of methoxy groups -OCH3 is 2. The molecule has 0 amide bonds. The first-order valence-corrected chi connectivity index (χ1v) is 6.70. The van der Waals surface area contributed by atoms with Crippen molar-refractivity contribution in [2.24, 2.45) is 5.73 Å². The molecule has 1 atom stereocenters. The maximum atomic E-state index is 5.82. The van der Waals surface area contributed by atoms with Crippen molar-refractivity contribution >= 4 is 0 Å². The normalized spacial score (nSPS) is 12.0. The summed E-state index contributed by atoms with van der Waals surface area (Å²) >= 11 is 0. The van der Waals surface area contributed by atoms with Crippen LogP contribution in [0.5, 0.6) is 11.5 Å². The summed E-state index contributed by atoms with van der Waals surface area (Å²) in [6.07, 6.45) is 0.891. The zero-order chi connectivity index (χ0) is 14.5. The molecular formula is C17H21NO2. The number of ether oxygens (including phenoxy) is 2. The number of rotatable bonds is 5. The van der Waals surface area contributed by atoms with Gasteiger partial charge in [-0.15, -0.1) is 0 Å². The van der Waals surface area contributed by atoms with Gasteiger partial charge in [0, 0.05) is 12.1 Å². The molecular weight excluding hydrogens is 250 g/mol. The Morgan fingerprint density at radius 1 is 0.900 bits per heavy atom. The molecule has 20 heavy (non-hydrogen) atoms. The highest BCUT2D eigenvalue weighted by Gasteiger charge is 2.05. The van der Waals surface area contributed by atoms with Crippen LogP contribution < -0.4 is 15.2 Å². The van der Waals surface area contributed by atoms with Gasteiger partial charge in [0.05, 0.1) is 14.2 Å². The molecule has 0 aliphatic rings. The molecule has 1 unspecified atom stereocenters. The van der Waals surface area contributed by atoms with E-state index in [0.29, 0.717) is 0 Å². The third kappa shape index (κ3) is 3.52. The number of hydrogen-bond donors (Lipinski definition) is 1. The van der Waals surface area contributed by atoms with Gasteiger partial charge in [0.15, 0.2) is 0 Å². The lowest BCUT2D eigenvalue weighted by Crippen LogP contribution is -2.17. The van der Waals surface area contributed by atoms with Crippen molar-refractivity contribution in [1.29, 1.82) is 0 Å². The van der Waals surface area contributed by atoms with Gasteiger partial charge in [0.25, 0.3) is 0 Å².